The number of nitrogens with zero attached hydrogens (tertiary/aromatic N) is 1. The van der Waals surface area contributed by atoms with Crippen molar-refractivity contribution < 1.29 is 4.39 Å². The number of rotatable bonds is 1. The van der Waals surface area contributed by atoms with Crippen LogP contribution in [0.3, 0.4) is 0 Å². The number of piperidine rings is 1. The molecule has 1 atom stereocenters. The highest BCUT2D eigenvalue weighted by molar-refractivity contribution is 5.85. The lowest BCUT2D eigenvalue weighted by atomic mass is 9.93. The Morgan fingerprint density at radius 1 is 1.39 bits per heavy atom. The van der Waals surface area contributed by atoms with Crippen molar-refractivity contribution in [2.45, 2.75) is 25.7 Å². The van der Waals surface area contributed by atoms with E-state index in [9.17, 15) is 4.39 Å². The van der Waals surface area contributed by atoms with Gasteiger partial charge in [-0.2, -0.15) is 0 Å². The lowest BCUT2D eigenvalue weighted by Crippen LogP contribution is -2.29. The van der Waals surface area contributed by atoms with Gasteiger partial charge in [-0.25, -0.2) is 4.39 Å². The molecule has 1 unspecified atom stereocenters. The Bertz CT molecular complexity index is 580. The van der Waals surface area contributed by atoms with Crippen molar-refractivity contribution in [2.24, 2.45) is 7.05 Å². The number of aryl methyl sites for hydroxylation is 2. The van der Waals surface area contributed by atoms with Gasteiger partial charge in [0.1, 0.15) is 5.82 Å². The van der Waals surface area contributed by atoms with Crippen molar-refractivity contribution in [3.05, 3.63) is 35.3 Å². The molecule has 1 aliphatic heterocycles. The molecule has 1 N–H and O–H groups in total. The number of aromatic nitrogens is 1. The first-order valence-electron chi connectivity index (χ1n) is 6.63. The summed E-state index contributed by atoms with van der Waals surface area (Å²) < 4.78 is 15.6. The van der Waals surface area contributed by atoms with Gasteiger partial charge in [-0.3, -0.25) is 0 Å². The lowest BCUT2D eigenvalue weighted by molar-refractivity contribution is 0.447. The van der Waals surface area contributed by atoms with Crippen molar-refractivity contribution in [1.82, 2.24) is 9.88 Å². The van der Waals surface area contributed by atoms with Crippen LogP contribution in [-0.2, 0) is 7.05 Å². The van der Waals surface area contributed by atoms with E-state index in [0.717, 1.165) is 24.0 Å². The second-order valence-electron chi connectivity index (χ2n) is 5.27. The fourth-order valence-electron chi connectivity index (χ4n) is 3.29. The van der Waals surface area contributed by atoms with Gasteiger partial charge in [0.05, 0.1) is 0 Å². The summed E-state index contributed by atoms with van der Waals surface area (Å²) in [6, 6.07) is 5.09. The highest BCUT2D eigenvalue weighted by Crippen LogP contribution is 2.33. The minimum atomic E-state index is -0.149. The molecule has 96 valence electrons. The maximum Gasteiger partial charge on any atom is 0.123 e. The molecule has 1 fully saturated rings. The number of nitrogens with one attached hydrogen (secondary N) is 1. The summed E-state index contributed by atoms with van der Waals surface area (Å²) in [6.07, 6.45) is 2.44. The van der Waals surface area contributed by atoms with E-state index in [4.69, 9.17) is 0 Å². The summed E-state index contributed by atoms with van der Waals surface area (Å²) in [5, 5.41) is 4.51. The van der Waals surface area contributed by atoms with E-state index in [0.29, 0.717) is 5.92 Å². The van der Waals surface area contributed by atoms with Crippen LogP contribution in [0.25, 0.3) is 10.9 Å². The van der Waals surface area contributed by atoms with E-state index in [-0.39, 0.29) is 5.82 Å². The first-order valence-corrected chi connectivity index (χ1v) is 6.63. The minimum absolute atomic E-state index is 0.149. The SMILES string of the molecule is Cc1c(C2CCCNC2)n(C)c2ccc(F)cc12. The van der Waals surface area contributed by atoms with E-state index in [2.05, 4.69) is 23.9 Å². The van der Waals surface area contributed by atoms with Crippen LogP contribution in [0.4, 0.5) is 4.39 Å². The molecule has 1 aromatic heterocycles. The predicted octanol–water partition coefficient (Wildman–Crippen LogP) is 3.09. The van der Waals surface area contributed by atoms with Gasteiger partial charge in [-0.05, 0) is 50.1 Å². The van der Waals surface area contributed by atoms with Crippen molar-refractivity contribution in [2.75, 3.05) is 13.1 Å². The summed E-state index contributed by atoms with van der Waals surface area (Å²) in [5.41, 5.74) is 3.73. The van der Waals surface area contributed by atoms with Crippen LogP contribution < -0.4 is 5.32 Å². The van der Waals surface area contributed by atoms with Gasteiger partial charge in [0.25, 0.3) is 0 Å². The van der Waals surface area contributed by atoms with Gasteiger partial charge in [-0.1, -0.05) is 0 Å². The Labute approximate surface area is 107 Å². The van der Waals surface area contributed by atoms with Crippen LogP contribution in [-0.4, -0.2) is 17.7 Å². The second-order valence-corrected chi connectivity index (χ2v) is 5.27. The summed E-state index contributed by atoms with van der Waals surface area (Å²) in [7, 11) is 2.09. The molecule has 0 aliphatic carbocycles. The molecule has 0 bridgehead atoms. The minimum Gasteiger partial charge on any atom is -0.347 e. The number of fused-ring (bicyclic) bond motifs is 1. The Hall–Kier alpha value is -1.35. The average molecular weight is 246 g/mol. The monoisotopic (exact) mass is 246 g/mol. The molecule has 1 aromatic carbocycles. The van der Waals surface area contributed by atoms with Gasteiger partial charge in [-0.15, -0.1) is 0 Å². The van der Waals surface area contributed by atoms with Crippen LogP contribution in [0, 0.1) is 12.7 Å². The second kappa shape index (κ2) is 4.39. The Morgan fingerprint density at radius 2 is 2.22 bits per heavy atom. The van der Waals surface area contributed by atoms with Crippen LogP contribution in [0.5, 0.6) is 0 Å². The third-order valence-corrected chi connectivity index (χ3v) is 4.15. The lowest BCUT2D eigenvalue weighted by Gasteiger charge is -2.24. The third-order valence-electron chi connectivity index (χ3n) is 4.15. The number of hydrogen-bond donors (Lipinski definition) is 1. The van der Waals surface area contributed by atoms with E-state index in [1.165, 1.54) is 24.1 Å². The number of benzene rings is 1. The zero-order valence-corrected chi connectivity index (χ0v) is 11.0. The Morgan fingerprint density at radius 3 is 2.94 bits per heavy atom. The summed E-state index contributed by atoms with van der Waals surface area (Å²) >= 11 is 0. The number of hydrogen-bond acceptors (Lipinski definition) is 1. The third kappa shape index (κ3) is 1.74. The molecule has 2 aromatic rings. The van der Waals surface area contributed by atoms with Gasteiger partial charge in [0.2, 0.25) is 0 Å². The first-order chi connectivity index (χ1) is 8.68. The molecule has 3 rings (SSSR count). The maximum atomic E-state index is 13.4. The highest BCUT2D eigenvalue weighted by Gasteiger charge is 2.22. The molecular formula is C15H19FN2. The average Bonchev–Trinajstić information content (AvgIpc) is 2.63. The first kappa shape index (κ1) is 11.7. The fourth-order valence-corrected chi connectivity index (χ4v) is 3.29. The molecule has 1 saturated heterocycles. The van der Waals surface area contributed by atoms with Crippen molar-refractivity contribution >= 4 is 10.9 Å². The molecule has 2 nitrogen and oxygen atoms in total. The van der Waals surface area contributed by atoms with Crippen LogP contribution in [0.15, 0.2) is 18.2 Å². The normalized spacial score (nSPS) is 20.5. The zero-order chi connectivity index (χ0) is 12.7. The van der Waals surface area contributed by atoms with Crippen LogP contribution in [0.1, 0.15) is 30.0 Å². The summed E-state index contributed by atoms with van der Waals surface area (Å²) in [6.45, 7) is 4.27. The van der Waals surface area contributed by atoms with Crippen LogP contribution in [0.2, 0.25) is 0 Å². The molecule has 18 heavy (non-hydrogen) atoms. The molecule has 1 aliphatic rings. The molecule has 2 heterocycles. The number of halogens is 1. The van der Waals surface area contributed by atoms with E-state index in [1.807, 2.05) is 6.07 Å². The predicted molar refractivity (Wildman–Crippen MR) is 72.5 cm³/mol. The smallest absolute Gasteiger partial charge is 0.123 e. The van der Waals surface area contributed by atoms with Gasteiger partial charge in [0, 0.05) is 36.1 Å². The quantitative estimate of drug-likeness (QED) is 0.818. The molecule has 0 spiro atoms. The molecule has 3 heteroatoms. The Kier molecular flexibility index (Phi) is 2.86. The molecule has 0 saturated carbocycles. The Balaban J connectivity index is 2.16. The van der Waals surface area contributed by atoms with Crippen molar-refractivity contribution in [1.29, 1.82) is 0 Å². The molecule has 0 radical (unpaired) electrons. The largest absolute Gasteiger partial charge is 0.347 e. The molecular weight excluding hydrogens is 227 g/mol. The van der Waals surface area contributed by atoms with E-state index >= 15 is 0 Å². The van der Waals surface area contributed by atoms with Gasteiger partial charge in [0.15, 0.2) is 0 Å². The summed E-state index contributed by atoms with van der Waals surface area (Å²) in [4.78, 5) is 0. The van der Waals surface area contributed by atoms with Crippen molar-refractivity contribution in [3.63, 3.8) is 0 Å². The van der Waals surface area contributed by atoms with Crippen molar-refractivity contribution in [3.8, 4) is 0 Å². The van der Waals surface area contributed by atoms with E-state index < -0.39 is 0 Å². The topological polar surface area (TPSA) is 17.0 Å². The van der Waals surface area contributed by atoms with E-state index in [1.54, 1.807) is 12.1 Å². The van der Waals surface area contributed by atoms with Gasteiger partial charge < -0.3 is 9.88 Å². The van der Waals surface area contributed by atoms with Crippen LogP contribution >= 0.6 is 0 Å². The standard InChI is InChI=1S/C15H19FN2/c1-10-13-8-12(16)5-6-14(13)18(2)15(10)11-4-3-7-17-9-11/h5-6,8,11,17H,3-4,7,9H2,1-2H3. The summed E-state index contributed by atoms with van der Waals surface area (Å²) in [5.74, 6) is 0.406. The fraction of sp³-hybridized carbons (Fsp3) is 0.467. The molecule has 0 amide bonds. The van der Waals surface area contributed by atoms with Gasteiger partial charge >= 0.3 is 0 Å². The zero-order valence-electron chi connectivity index (χ0n) is 11.0. The highest BCUT2D eigenvalue weighted by atomic mass is 19.1. The maximum absolute atomic E-state index is 13.4.